The van der Waals surface area contributed by atoms with E-state index in [-0.39, 0.29) is 24.5 Å². The molecule has 1 unspecified atom stereocenters. The van der Waals surface area contributed by atoms with Crippen LogP contribution in [0, 0.1) is 0 Å². The molecular weight excluding hydrogens is 460 g/mol. The summed E-state index contributed by atoms with van der Waals surface area (Å²) in [7, 11) is -2.71. The molecule has 10 nitrogen and oxygen atoms in total. The SMILES string of the molecule is COC(=O)[C@H](CNC(=O)NCc1ccccc1)NC(=O)C1CCCN1S(=O)(=O)c1ccccc1. The second-order valence-electron chi connectivity index (χ2n) is 7.72. The normalized spacial score (nSPS) is 16.9. The van der Waals surface area contributed by atoms with Crippen LogP contribution in [0.4, 0.5) is 4.79 Å². The van der Waals surface area contributed by atoms with E-state index in [1.54, 1.807) is 18.2 Å². The Hall–Kier alpha value is -3.44. The number of ether oxygens (including phenoxy) is 1. The van der Waals surface area contributed by atoms with Gasteiger partial charge in [-0.05, 0) is 30.5 Å². The first-order chi connectivity index (χ1) is 16.3. The zero-order chi connectivity index (χ0) is 24.6. The van der Waals surface area contributed by atoms with Gasteiger partial charge >= 0.3 is 12.0 Å². The van der Waals surface area contributed by atoms with Crippen LogP contribution in [0.5, 0.6) is 0 Å². The molecule has 3 N–H and O–H groups in total. The summed E-state index contributed by atoms with van der Waals surface area (Å²) in [5, 5.41) is 7.73. The van der Waals surface area contributed by atoms with Crippen molar-refractivity contribution in [2.24, 2.45) is 0 Å². The number of esters is 1. The third-order valence-electron chi connectivity index (χ3n) is 5.42. The Morgan fingerprint density at radius 1 is 1.03 bits per heavy atom. The Bertz CT molecular complexity index is 1090. The molecule has 1 saturated heterocycles. The lowest BCUT2D eigenvalue weighted by Gasteiger charge is -2.25. The summed E-state index contributed by atoms with van der Waals surface area (Å²) >= 11 is 0. The summed E-state index contributed by atoms with van der Waals surface area (Å²) in [5.74, 6) is -1.38. The molecule has 0 spiro atoms. The van der Waals surface area contributed by atoms with E-state index in [1.807, 2.05) is 30.3 Å². The highest BCUT2D eigenvalue weighted by molar-refractivity contribution is 7.89. The van der Waals surface area contributed by atoms with Crippen LogP contribution in [0.3, 0.4) is 0 Å². The maximum absolute atomic E-state index is 13.0. The number of hydrogen-bond donors (Lipinski definition) is 3. The first kappa shape index (κ1) is 25.2. The van der Waals surface area contributed by atoms with Crippen molar-refractivity contribution >= 4 is 27.9 Å². The molecule has 3 amide bonds. The van der Waals surface area contributed by atoms with Gasteiger partial charge in [0.25, 0.3) is 0 Å². The summed E-state index contributed by atoms with van der Waals surface area (Å²) in [6, 6.07) is 14.5. The van der Waals surface area contributed by atoms with Crippen molar-refractivity contribution in [3.8, 4) is 0 Å². The van der Waals surface area contributed by atoms with Crippen LogP contribution in [0.2, 0.25) is 0 Å². The maximum Gasteiger partial charge on any atom is 0.330 e. The van der Waals surface area contributed by atoms with Crippen LogP contribution in [0.1, 0.15) is 18.4 Å². The molecule has 0 radical (unpaired) electrons. The number of methoxy groups -OCH3 is 1. The molecule has 0 bridgehead atoms. The summed E-state index contributed by atoms with van der Waals surface area (Å²) in [5.41, 5.74) is 0.899. The van der Waals surface area contributed by atoms with Gasteiger partial charge in [0.05, 0.1) is 18.6 Å². The second-order valence-corrected chi connectivity index (χ2v) is 9.61. The van der Waals surface area contributed by atoms with Gasteiger partial charge in [-0.15, -0.1) is 0 Å². The molecule has 1 aliphatic rings. The predicted octanol–water partition coefficient (Wildman–Crippen LogP) is 0.997. The number of hydrogen-bond acceptors (Lipinski definition) is 6. The molecule has 182 valence electrons. The van der Waals surface area contributed by atoms with Crippen molar-refractivity contribution in [1.29, 1.82) is 0 Å². The topological polar surface area (TPSA) is 134 Å². The largest absolute Gasteiger partial charge is 0.467 e. The average Bonchev–Trinajstić information content (AvgIpc) is 3.37. The lowest BCUT2D eigenvalue weighted by molar-refractivity contribution is -0.145. The zero-order valence-electron chi connectivity index (χ0n) is 18.8. The summed E-state index contributed by atoms with van der Waals surface area (Å²) in [6.45, 7) is 0.256. The van der Waals surface area contributed by atoms with Crippen molar-refractivity contribution in [3.05, 3.63) is 66.2 Å². The van der Waals surface area contributed by atoms with Gasteiger partial charge in [0.2, 0.25) is 15.9 Å². The highest BCUT2D eigenvalue weighted by Gasteiger charge is 2.40. The minimum absolute atomic E-state index is 0.0935. The van der Waals surface area contributed by atoms with Crippen LogP contribution in [-0.2, 0) is 30.9 Å². The van der Waals surface area contributed by atoms with E-state index in [0.717, 1.165) is 9.87 Å². The summed E-state index contributed by atoms with van der Waals surface area (Å²) in [6.07, 6.45) is 0.823. The van der Waals surface area contributed by atoms with Gasteiger partial charge in [-0.3, -0.25) is 4.79 Å². The van der Waals surface area contributed by atoms with Gasteiger partial charge in [0.15, 0.2) is 0 Å². The Morgan fingerprint density at radius 3 is 2.32 bits per heavy atom. The van der Waals surface area contributed by atoms with Crippen molar-refractivity contribution in [1.82, 2.24) is 20.3 Å². The monoisotopic (exact) mass is 488 g/mol. The summed E-state index contributed by atoms with van der Waals surface area (Å²) < 4.78 is 31.9. The van der Waals surface area contributed by atoms with E-state index in [1.165, 1.54) is 19.2 Å². The van der Waals surface area contributed by atoms with Crippen molar-refractivity contribution in [2.45, 2.75) is 36.4 Å². The van der Waals surface area contributed by atoms with Crippen molar-refractivity contribution in [2.75, 3.05) is 20.2 Å². The summed E-state index contributed by atoms with van der Waals surface area (Å²) in [4.78, 5) is 37.4. The fraction of sp³-hybridized carbons (Fsp3) is 0.348. The van der Waals surface area contributed by atoms with Gasteiger partial charge < -0.3 is 20.7 Å². The van der Waals surface area contributed by atoms with Crippen LogP contribution in [-0.4, -0.2) is 62.9 Å². The minimum atomic E-state index is -3.88. The number of benzene rings is 2. The molecule has 0 aromatic heterocycles. The molecule has 2 aromatic carbocycles. The van der Waals surface area contributed by atoms with Crippen molar-refractivity contribution < 1.29 is 27.5 Å². The molecule has 0 aliphatic carbocycles. The molecule has 1 aliphatic heterocycles. The van der Waals surface area contributed by atoms with E-state index in [9.17, 15) is 22.8 Å². The first-order valence-corrected chi connectivity index (χ1v) is 12.3. The number of nitrogens with zero attached hydrogens (tertiary/aromatic N) is 1. The fourth-order valence-corrected chi connectivity index (χ4v) is 5.33. The van der Waals surface area contributed by atoms with Crippen LogP contribution < -0.4 is 16.0 Å². The number of urea groups is 1. The third kappa shape index (κ3) is 6.33. The van der Waals surface area contributed by atoms with Gasteiger partial charge in [-0.2, -0.15) is 4.31 Å². The van der Waals surface area contributed by atoms with Gasteiger partial charge in [-0.25, -0.2) is 18.0 Å². The zero-order valence-corrected chi connectivity index (χ0v) is 19.6. The number of sulfonamides is 1. The molecule has 2 atom stereocenters. The Labute approximate surface area is 198 Å². The van der Waals surface area contributed by atoms with Crippen LogP contribution in [0.15, 0.2) is 65.6 Å². The Morgan fingerprint density at radius 2 is 1.68 bits per heavy atom. The van der Waals surface area contributed by atoms with E-state index in [0.29, 0.717) is 12.8 Å². The smallest absolute Gasteiger partial charge is 0.330 e. The number of carbonyl (C=O) groups is 3. The third-order valence-corrected chi connectivity index (χ3v) is 7.34. The Kier molecular flexibility index (Phi) is 8.61. The number of rotatable bonds is 9. The molecule has 1 heterocycles. The second kappa shape index (κ2) is 11.6. The van der Waals surface area contributed by atoms with Gasteiger partial charge in [0.1, 0.15) is 12.1 Å². The fourth-order valence-electron chi connectivity index (χ4n) is 3.66. The quantitative estimate of drug-likeness (QED) is 0.451. The first-order valence-electron chi connectivity index (χ1n) is 10.8. The van der Waals surface area contributed by atoms with Crippen LogP contribution in [0.25, 0.3) is 0 Å². The minimum Gasteiger partial charge on any atom is -0.467 e. The lowest BCUT2D eigenvalue weighted by Crippen LogP contribution is -2.55. The van der Waals surface area contributed by atoms with Gasteiger partial charge in [0, 0.05) is 13.1 Å². The van der Waals surface area contributed by atoms with E-state index in [2.05, 4.69) is 16.0 Å². The highest BCUT2D eigenvalue weighted by Crippen LogP contribution is 2.26. The number of carbonyl (C=O) groups excluding carboxylic acids is 3. The highest BCUT2D eigenvalue weighted by atomic mass is 32.2. The molecule has 0 saturated carbocycles. The standard InChI is InChI=1S/C23H28N4O6S/c1-33-22(29)19(16-25-23(30)24-15-17-9-4-2-5-10-17)26-21(28)20-13-8-14-27(20)34(31,32)18-11-6-3-7-12-18/h2-7,9-12,19-20H,8,13-16H2,1H3,(H,26,28)(H2,24,25,30)/t19-,20?/m0/s1. The molecule has 34 heavy (non-hydrogen) atoms. The molecule has 3 rings (SSSR count). The number of nitrogens with one attached hydrogen (secondary N) is 3. The molecular formula is C23H28N4O6S. The van der Waals surface area contributed by atoms with Gasteiger partial charge in [-0.1, -0.05) is 48.5 Å². The predicted molar refractivity (Wildman–Crippen MR) is 124 cm³/mol. The van der Waals surface area contributed by atoms with Crippen molar-refractivity contribution in [3.63, 3.8) is 0 Å². The molecule has 11 heteroatoms. The Balaban J connectivity index is 1.61. The number of amides is 3. The molecule has 1 fully saturated rings. The van der Waals surface area contributed by atoms with E-state index >= 15 is 0 Å². The van der Waals surface area contributed by atoms with E-state index < -0.39 is 40.0 Å². The van der Waals surface area contributed by atoms with Crippen LogP contribution >= 0.6 is 0 Å². The maximum atomic E-state index is 13.0. The average molecular weight is 489 g/mol. The van der Waals surface area contributed by atoms with E-state index in [4.69, 9.17) is 4.74 Å². The lowest BCUT2D eigenvalue weighted by atomic mass is 10.2. The molecule has 2 aromatic rings.